The van der Waals surface area contributed by atoms with Gasteiger partial charge in [-0.3, -0.25) is 4.79 Å². The Morgan fingerprint density at radius 1 is 1.56 bits per heavy atom. The maximum Gasteiger partial charge on any atom is 0.236 e. The number of ether oxygens (including phenoxy) is 1. The molecule has 100 valence electrons. The summed E-state index contributed by atoms with van der Waals surface area (Å²) in [5, 5.41) is 0.294. The molecule has 0 unspecified atom stereocenters. The van der Waals surface area contributed by atoms with Crippen molar-refractivity contribution in [2.45, 2.75) is 6.54 Å². The van der Waals surface area contributed by atoms with Crippen LogP contribution >= 0.6 is 11.6 Å². The Morgan fingerprint density at radius 2 is 2.28 bits per heavy atom. The predicted molar refractivity (Wildman–Crippen MR) is 67.8 cm³/mol. The van der Waals surface area contributed by atoms with Crippen molar-refractivity contribution >= 4 is 17.5 Å². The molecule has 1 aromatic rings. The number of nitrogens with two attached hydrogens (primary N) is 1. The van der Waals surface area contributed by atoms with Crippen molar-refractivity contribution in [3.8, 4) is 0 Å². The molecular weight excluding hydrogens is 259 g/mol. The second-order valence-corrected chi connectivity index (χ2v) is 4.12. The van der Waals surface area contributed by atoms with E-state index in [2.05, 4.69) is 0 Å². The first-order chi connectivity index (χ1) is 8.60. The molecule has 0 spiro atoms. The maximum atomic E-state index is 13.6. The van der Waals surface area contributed by atoms with Crippen molar-refractivity contribution in [3.05, 3.63) is 34.6 Å². The van der Waals surface area contributed by atoms with Crippen LogP contribution in [0.2, 0.25) is 5.02 Å². The van der Waals surface area contributed by atoms with Gasteiger partial charge in [0.2, 0.25) is 5.91 Å². The molecule has 0 bridgehead atoms. The van der Waals surface area contributed by atoms with Crippen LogP contribution in [-0.2, 0) is 16.1 Å². The smallest absolute Gasteiger partial charge is 0.236 e. The Labute approximate surface area is 110 Å². The summed E-state index contributed by atoms with van der Waals surface area (Å²) in [5.41, 5.74) is 5.60. The summed E-state index contributed by atoms with van der Waals surface area (Å²) in [7, 11) is 1.53. The molecule has 4 nitrogen and oxygen atoms in total. The SMILES string of the molecule is COCCN(Cc1c(F)cccc1Cl)C(=O)CN. The zero-order valence-corrected chi connectivity index (χ0v) is 10.9. The van der Waals surface area contributed by atoms with Crippen LogP contribution in [0.5, 0.6) is 0 Å². The summed E-state index contributed by atoms with van der Waals surface area (Å²) < 4.78 is 18.5. The second kappa shape index (κ2) is 7.31. The van der Waals surface area contributed by atoms with E-state index in [9.17, 15) is 9.18 Å². The highest BCUT2D eigenvalue weighted by Crippen LogP contribution is 2.20. The van der Waals surface area contributed by atoms with Crippen molar-refractivity contribution in [2.75, 3.05) is 26.8 Å². The third-order valence-electron chi connectivity index (χ3n) is 2.50. The van der Waals surface area contributed by atoms with Gasteiger partial charge < -0.3 is 15.4 Å². The average molecular weight is 275 g/mol. The first kappa shape index (κ1) is 14.9. The topological polar surface area (TPSA) is 55.6 Å². The molecule has 0 heterocycles. The number of benzene rings is 1. The highest BCUT2D eigenvalue weighted by Gasteiger charge is 2.16. The van der Waals surface area contributed by atoms with E-state index in [1.807, 2.05) is 0 Å². The summed E-state index contributed by atoms with van der Waals surface area (Å²) >= 11 is 5.92. The van der Waals surface area contributed by atoms with Gasteiger partial charge in [-0.2, -0.15) is 0 Å². The zero-order chi connectivity index (χ0) is 13.5. The van der Waals surface area contributed by atoms with Crippen molar-refractivity contribution in [3.63, 3.8) is 0 Å². The molecule has 2 N–H and O–H groups in total. The number of hydrogen-bond donors (Lipinski definition) is 1. The molecular formula is C12H16ClFN2O2. The maximum absolute atomic E-state index is 13.6. The number of hydrogen-bond acceptors (Lipinski definition) is 3. The predicted octanol–water partition coefficient (Wildman–Crippen LogP) is 1.41. The summed E-state index contributed by atoms with van der Waals surface area (Å²) in [4.78, 5) is 13.0. The van der Waals surface area contributed by atoms with E-state index in [1.54, 1.807) is 6.07 Å². The standard InChI is InChI=1S/C12H16ClFN2O2/c1-18-6-5-16(12(17)7-15)8-9-10(13)3-2-4-11(9)14/h2-4H,5-8,15H2,1H3. The lowest BCUT2D eigenvalue weighted by Gasteiger charge is -2.22. The first-order valence-corrected chi connectivity index (χ1v) is 5.87. The van der Waals surface area contributed by atoms with E-state index in [0.29, 0.717) is 18.2 Å². The lowest BCUT2D eigenvalue weighted by atomic mass is 10.2. The Kier molecular flexibility index (Phi) is 6.04. The van der Waals surface area contributed by atoms with Gasteiger partial charge in [-0.05, 0) is 12.1 Å². The van der Waals surface area contributed by atoms with Crippen molar-refractivity contribution in [2.24, 2.45) is 5.73 Å². The molecule has 1 amide bonds. The minimum atomic E-state index is -0.435. The van der Waals surface area contributed by atoms with Gasteiger partial charge in [-0.25, -0.2) is 4.39 Å². The van der Waals surface area contributed by atoms with Crippen molar-refractivity contribution < 1.29 is 13.9 Å². The van der Waals surface area contributed by atoms with Crippen molar-refractivity contribution in [1.82, 2.24) is 4.90 Å². The fourth-order valence-corrected chi connectivity index (χ4v) is 1.72. The van der Waals surface area contributed by atoms with E-state index >= 15 is 0 Å². The summed E-state index contributed by atoms with van der Waals surface area (Å²) in [6.07, 6.45) is 0. The van der Waals surface area contributed by atoms with Gasteiger partial charge in [0, 0.05) is 24.2 Å². The molecule has 6 heteroatoms. The van der Waals surface area contributed by atoms with Gasteiger partial charge in [-0.15, -0.1) is 0 Å². The van der Waals surface area contributed by atoms with E-state index in [1.165, 1.54) is 24.1 Å². The third-order valence-corrected chi connectivity index (χ3v) is 2.86. The highest BCUT2D eigenvalue weighted by molar-refractivity contribution is 6.31. The minimum absolute atomic E-state index is 0.0882. The largest absolute Gasteiger partial charge is 0.383 e. The van der Waals surface area contributed by atoms with Gasteiger partial charge >= 0.3 is 0 Å². The van der Waals surface area contributed by atoms with Crippen LogP contribution in [0.15, 0.2) is 18.2 Å². The van der Waals surface area contributed by atoms with Crippen LogP contribution in [-0.4, -0.2) is 37.6 Å². The Bertz CT molecular complexity index is 395. The molecule has 0 saturated heterocycles. The summed E-state index contributed by atoms with van der Waals surface area (Å²) in [6, 6.07) is 4.41. The Balaban J connectivity index is 2.85. The van der Waals surface area contributed by atoms with Crippen LogP contribution in [0, 0.1) is 5.82 Å². The van der Waals surface area contributed by atoms with Gasteiger partial charge in [0.15, 0.2) is 0 Å². The quantitative estimate of drug-likeness (QED) is 0.853. The van der Waals surface area contributed by atoms with Gasteiger partial charge in [-0.1, -0.05) is 17.7 Å². The lowest BCUT2D eigenvalue weighted by molar-refractivity contribution is -0.130. The van der Waals surface area contributed by atoms with E-state index in [4.69, 9.17) is 22.1 Å². The molecule has 1 rings (SSSR count). The normalized spacial score (nSPS) is 10.4. The Morgan fingerprint density at radius 3 is 2.83 bits per heavy atom. The zero-order valence-electron chi connectivity index (χ0n) is 10.2. The lowest BCUT2D eigenvalue weighted by Crippen LogP contribution is -2.38. The van der Waals surface area contributed by atoms with Crippen LogP contribution in [0.3, 0.4) is 0 Å². The molecule has 0 aromatic heterocycles. The molecule has 0 aliphatic heterocycles. The summed E-state index contributed by atoms with van der Waals surface area (Å²) in [6.45, 7) is 0.662. The molecule has 0 radical (unpaired) electrons. The number of amides is 1. The molecule has 0 atom stereocenters. The highest BCUT2D eigenvalue weighted by atomic mass is 35.5. The fraction of sp³-hybridized carbons (Fsp3) is 0.417. The van der Waals surface area contributed by atoms with E-state index < -0.39 is 5.82 Å². The summed E-state index contributed by atoms with van der Waals surface area (Å²) in [5.74, 6) is -0.707. The van der Waals surface area contributed by atoms with Gasteiger partial charge in [0.25, 0.3) is 0 Å². The van der Waals surface area contributed by atoms with E-state index in [0.717, 1.165) is 0 Å². The minimum Gasteiger partial charge on any atom is -0.383 e. The fourth-order valence-electron chi connectivity index (χ4n) is 1.50. The third kappa shape index (κ3) is 3.94. The molecule has 1 aromatic carbocycles. The average Bonchev–Trinajstić information content (AvgIpc) is 2.36. The van der Waals surface area contributed by atoms with Crippen LogP contribution in [0.4, 0.5) is 4.39 Å². The van der Waals surface area contributed by atoms with Crippen LogP contribution in [0.25, 0.3) is 0 Å². The molecule has 0 aliphatic rings. The van der Waals surface area contributed by atoms with Crippen LogP contribution < -0.4 is 5.73 Å². The van der Waals surface area contributed by atoms with Crippen LogP contribution in [0.1, 0.15) is 5.56 Å². The van der Waals surface area contributed by atoms with E-state index in [-0.39, 0.29) is 24.6 Å². The monoisotopic (exact) mass is 274 g/mol. The van der Waals surface area contributed by atoms with Gasteiger partial charge in [0.05, 0.1) is 19.7 Å². The molecule has 18 heavy (non-hydrogen) atoms. The number of rotatable bonds is 6. The Hall–Kier alpha value is -1.17. The first-order valence-electron chi connectivity index (χ1n) is 5.49. The second-order valence-electron chi connectivity index (χ2n) is 3.71. The van der Waals surface area contributed by atoms with Crippen molar-refractivity contribution in [1.29, 1.82) is 0 Å². The number of nitrogens with zero attached hydrogens (tertiary/aromatic N) is 1. The molecule has 0 fully saturated rings. The number of halogens is 2. The number of carbonyl (C=O) groups excluding carboxylic acids is 1. The number of carbonyl (C=O) groups is 1. The molecule has 0 aliphatic carbocycles. The number of methoxy groups -OCH3 is 1. The molecule has 0 saturated carbocycles. The van der Waals surface area contributed by atoms with Gasteiger partial charge in [0.1, 0.15) is 5.82 Å².